The van der Waals surface area contributed by atoms with Crippen LogP contribution in [0.15, 0.2) is 48.9 Å². The van der Waals surface area contributed by atoms with Gasteiger partial charge in [-0.15, -0.1) is 0 Å². The number of aromatic nitrogens is 4. The van der Waals surface area contributed by atoms with Crippen LogP contribution in [0.4, 0.5) is 11.6 Å². The second-order valence-corrected chi connectivity index (χ2v) is 7.49. The number of hydrogen-bond donors (Lipinski definition) is 1. The highest BCUT2D eigenvalue weighted by molar-refractivity contribution is 5.94. The number of rotatable bonds is 5. The second kappa shape index (κ2) is 7.90. The Morgan fingerprint density at radius 2 is 2.00 bits per heavy atom. The van der Waals surface area contributed by atoms with Gasteiger partial charge in [-0.25, -0.2) is 9.97 Å². The van der Waals surface area contributed by atoms with Crippen LogP contribution in [-0.4, -0.2) is 58.9 Å². The van der Waals surface area contributed by atoms with Crippen LogP contribution in [0.5, 0.6) is 0 Å². The largest absolute Gasteiger partial charge is 0.378 e. The average molecular weight is 391 g/mol. The van der Waals surface area contributed by atoms with Crippen LogP contribution in [0.3, 0.4) is 0 Å². The molecule has 1 aliphatic heterocycles. The Labute approximate surface area is 170 Å². The summed E-state index contributed by atoms with van der Waals surface area (Å²) in [6.07, 6.45) is 6.35. The molecule has 3 aromatic rings. The second-order valence-electron chi connectivity index (χ2n) is 7.49. The SMILES string of the molecule is CN(C)c1ccc(C(=O)NC2CCN(c3nccc(-c4cnn(C)c4)n3)C2)cc1. The summed E-state index contributed by atoms with van der Waals surface area (Å²) in [4.78, 5) is 25.8. The van der Waals surface area contributed by atoms with E-state index in [-0.39, 0.29) is 11.9 Å². The quantitative estimate of drug-likeness (QED) is 0.716. The summed E-state index contributed by atoms with van der Waals surface area (Å²) in [5.74, 6) is 0.630. The Morgan fingerprint density at radius 1 is 1.21 bits per heavy atom. The van der Waals surface area contributed by atoms with Gasteiger partial charge in [0.15, 0.2) is 0 Å². The summed E-state index contributed by atoms with van der Waals surface area (Å²) in [5, 5.41) is 7.33. The van der Waals surface area contributed by atoms with Gasteiger partial charge in [-0.3, -0.25) is 9.48 Å². The summed E-state index contributed by atoms with van der Waals surface area (Å²) in [7, 11) is 5.84. The summed E-state index contributed by atoms with van der Waals surface area (Å²) in [6.45, 7) is 1.50. The van der Waals surface area contributed by atoms with Gasteiger partial charge >= 0.3 is 0 Å². The van der Waals surface area contributed by atoms with E-state index in [2.05, 4.69) is 25.3 Å². The van der Waals surface area contributed by atoms with Gasteiger partial charge in [0, 0.05) is 69.5 Å². The zero-order chi connectivity index (χ0) is 20.4. The molecular formula is C21H25N7O. The van der Waals surface area contributed by atoms with E-state index in [9.17, 15) is 4.79 Å². The number of carbonyl (C=O) groups excluding carboxylic acids is 1. The van der Waals surface area contributed by atoms with Crippen molar-refractivity contribution in [3.05, 3.63) is 54.5 Å². The van der Waals surface area contributed by atoms with Crippen molar-refractivity contribution in [3.8, 4) is 11.3 Å². The van der Waals surface area contributed by atoms with Gasteiger partial charge in [0.05, 0.1) is 11.9 Å². The van der Waals surface area contributed by atoms with E-state index in [4.69, 9.17) is 0 Å². The summed E-state index contributed by atoms with van der Waals surface area (Å²) >= 11 is 0. The zero-order valence-electron chi connectivity index (χ0n) is 16.9. The molecule has 1 fully saturated rings. The van der Waals surface area contributed by atoms with Crippen LogP contribution in [0.2, 0.25) is 0 Å². The van der Waals surface area contributed by atoms with E-state index >= 15 is 0 Å². The van der Waals surface area contributed by atoms with Crippen molar-refractivity contribution in [2.24, 2.45) is 7.05 Å². The lowest BCUT2D eigenvalue weighted by Crippen LogP contribution is -2.37. The van der Waals surface area contributed by atoms with Gasteiger partial charge in [-0.05, 0) is 36.8 Å². The Hall–Kier alpha value is -3.42. The maximum absolute atomic E-state index is 12.6. The van der Waals surface area contributed by atoms with E-state index in [1.54, 1.807) is 17.1 Å². The molecule has 0 radical (unpaired) electrons. The molecule has 1 amide bonds. The molecule has 1 N–H and O–H groups in total. The number of anilines is 2. The summed E-state index contributed by atoms with van der Waals surface area (Å²) in [6, 6.07) is 9.58. The zero-order valence-corrected chi connectivity index (χ0v) is 16.9. The molecule has 1 aliphatic rings. The number of carbonyl (C=O) groups is 1. The van der Waals surface area contributed by atoms with Crippen LogP contribution in [0, 0.1) is 0 Å². The predicted molar refractivity (Wildman–Crippen MR) is 113 cm³/mol. The molecular weight excluding hydrogens is 366 g/mol. The van der Waals surface area contributed by atoms with Crippen LogP contribution < -0.4 is 15.1 Å². The standard InChI is InChI=1S/C21H25N7O/c1-26(2)18-6-4-15(5-7-18)20(29)24-17-9-11-28(14-17)21-22-10-8-19(25-21)16-12-23-27(3)13-16/h4-8,10,12-13,17H,9,11,14H2,1-3H3,(H,24,29). The fraction of sp³-hybridized carbons (Fsp3) is 0.333. The molecule has 0 saturated carbocycles. The fourth-order valence-electron chi connectivity index (χ4n) is 3.45. The smallest absolute Gasteiger partial charge is 0.251 e. The third-order valence-corrected chi connectivity index (χ3v) is 5.10. The molecule has 0 bridgehead atoms. The summed E-state index contributed by atoms with van der Waals surface area (Å²) < 4.78 is 1.75. The van der Waals surface area contributed by atoms with Gasteiger partial charge in [0.2, 0.25) is 5.95 Å². The maximum Gasteiger partial charge on any atom is 0.251 e. The Bertz CT molecular complexity index is 996. The molecule has 1 atom stereocenters. The van der Waals surface area contributed by atoms with Crippen LogP contribution in [0.1, 0.15) is 16.8 Å². The van der Waals surface area contributed by atoms with Crippen molar-refractivity contribution in [1.29, 1.82) is 0 Å². The molecule has 150 valence electrons. The molecule has 1 aromatic carbocycles. The molecule has 3 heterocycles. The number of nitrogens with one attached hydrogen (secondary N) is 1. The minimum absolute atomic E-state index is 0.0489. The number of benzene rings is 1. The Morgan fingerprint density at radius 3 is 2.69 bits per heavy atom. The molecule has 0 spiro atoms. The topological polar surface area (TPSA) is 79.2 Å². The van der Waals surface area contributed by atoms with Crippen LogP contribution in [-0.2, 0) is 7.05 Å². The van der Waals surface area contributed by atoms with E-state index < -0.39 is 0 Å². The van der Waals surface area contributed by atoms with Gasteiger partial charge in [0.1, 0.15) is 0 Å². The number of aryl methyl sites for hydroxylation is 1. The third kappa shape index (κ3) is 4.21. The lowest BCUT2D eigenvalue weighted by Gasteiger charge is -2.17. The highest BCUT2D eigenvalue weighted by Crippen LogP contribution is 2.21. The van der Waals surface area contributed by atoms with Crippen molar-refractivity contribution in [2.45, 2.75) is 12.5 Å². The highest BCUT2D eigenvalue weighted by atomic mass is 16.1. The van der Waals surface area contributed by atoms with E-state index in [1.807, 2.05) is 62.6 Å². The first-order valence-corrected chi connectivity index (χ1v) is 9.65. The van der Waals surface area contributed by atoms with Crippen LogP contribution in [0.25, 0.3) is 11.3 Å². The van der Waals surface area contributed by atoms with Gasteiger partial charge in [-0.1, -0.05) is 0 Å². The third-order valence-electron chi connectivity index (χ3n) is 5.10. The lowest BCUT2D eigenvalue weighted by molar-refractivity contribution is 0.0940. The average Bonchev–Trinajstić information content (AvgIpc) is 3.37. The van der Waals surface area contributed by atoms with Crippen LogP contribution >= 0.6 is 0 Å². The van der Waals surface area contributed by atoms with E-state index in [0.29, 0.717) is 18.1 Å². The molecule has 29 heavy (non-hydrogen) atoms. The first-order chi connectivity index (χ1) is 14.0. The molecule has 1 unspecified atom stereocenters. The van der Waals surface area contributed by atoms with Crippen molar-refractivity contribution in [3.63, 3.8) is 0 Å². The minimum atomic E-state index is -0.0489. The van der Waals surface area contributed by atoms with Gasteiger partial charge < -0.3 is 15.1 Å². The number of nitrogens with zero attached hydrogens (tertiary/aromatic N) is 6. The van der Waals surface area contributed by atoms with E-state index in [1.165, 1.54) is 0 Å². The molecule has 2 aromatic heterocycles. The first kappa shape index (κ1) is 18.9. The Balaban J connectivity index is 1.39. The maximum atomic E-state index is 12.6. The highest BCUT2D eigenvalue weighted by Gasteiger charge is 2.26. The predicted octanol–water partition coefficient (Wildman–Crippen LogP) is 1.95. The molecule has 8 heteroatoms. The molecule has 0 aliphatic carbocycles. The van der Waals surface area contributed by atoms with Crippen molar-refractivity contribution < 1.29 is 4.79 Å². The molecule has 8 nitrogen and oxygen atoms in total. The minimum Gasteiger partial charge on any atom is -0.378 e. The first-order valence-electron chi connectivity index (χ1n) is 9.65. The number of hydrogen-bond acceptors (Lipinski definition) is 6. The lowest BCUT2D eigenvalue weighted by atomic mass is 10.1. The fourth-order valence-corrected chi connectivity index (χ4v) is 3.45. The van der Waals surface area contributed by atoms with Gasteiger partial charge in [0.25, 0.3) is 5.91 Å². The van der Waals surface area contributed by atoms with Crippen molar-refractivity contribution >= 4 is 17.5 Å². The summed E-state index contributed by atoms with van der Waals surface area (Å²) in [5.41, 5.74) is 3.54. The van der Waals surface area contributed by atoms with Gasteiger partial charge in [-0.2, -0.15) is 5.10 Å². The normalized spacial score (nSPS) is 16.1. The van der Waals surface area contributed by atoms with E-state index in [0.717, 1.165) is 29.9 Å². The van der Waals surface area contributed by atoms with Crippen molar-refractivity contribution in [2.75, 3.05) is 37.0 Å². The Kier molecular flexibility index (Phi) is 5.16. The molecule has 4 rings (SSSR count). The van der Waals surface area contributed by atoms with Crippen molar-refractivity contribution in [1.82, 2.24) is 25.1 Å². The molecule has 1 saturated heterocycles. The monoisotopic (exact) mass is 391 g/mol. The number of amides is 1.